The summed E-state index contributed by atoms with van der Waals surface area (Å²) < 4.78 is 5.07. The molecule has 1 aromatic heterocycles. The molecule has 0 atom stereocenters. The van der Waals surface area contributed by atoms with Gasteiger partial charge in [0.25, 0.3) is 5.91 Å². The minimum absolute atomic E-state index is 0.223. The summed E-state index contributed by atoms with van der Waals surface area (Å²) in [5.74, 6) is 0.893. The summed E-state index contributed by atoms with van der Waals surface area (Å²) in [6.45, 7) is 5.04. The number of hydrogen-bond donors (Lipinski definition) is 3. The predicted molar refractivity (Wildman–Crippen MR) is 101 cm³/mol. The number of carbonyl (C=O) groups excluding carboxylic acids is 2. The van der Waals surface area contributed by atoms with E-state index in [0.29, 0.717) is 28.9 Å². The molecule has 3 N–H and O–H groups in total. The molecule has 26 heavy (non-hydrogen) atoms. The summed E-state index contributed by atoms with van der Waals surface area (Å²) >= 11 is 1.14. The van der Waals surface area contributed by atoms with E-state index in [9.17, 15) is 9.59 Å². The van der Waals surface area contributed by atoms with Crippen molar-refractivity contribution in [3.8, 4) is 5.75 Å². The predicted octanol–water partition coefficient (Wildman–Crippen LogP) is 2.64. The van der Waals surface area contributed by atoms with Crippen molar-refractivity contribution in [2.24, 2.45) is 5.92 Å². The maximum absolute atomic E-state index is 12.2. The topological polar surface area (TPSA) is 105 Å². The van der Waals surface area contributed by atoms with Crippen LogP contribution in [0, 0.1) is 5.92 Å². The van der Waals surface area contributed by atoms with Gasteiger partial charge in [-0.05, 0) is 36.6 Å². The Bertz CT molecular complexity index is 730. The highest BCUT2D eigenvalue weighted by molar-refractivity contribution is 7.13. The van der Waals surface area contributed by atoms with Gasteiger partial charge in [-0.3, -0.25) is 4.79 Å². The Hall–Kier alpha value is -2.68. The number of anilines is 1. The van der Waals surface area contributed by atoms with Gasteiger partial charge in [-0.15, -0.1) is 10.2 Å². The van der Waals surface area contributed by atoms with Gasteiger partial charge < -0.3 is 20.7 Å². The lowest BCUT2D eigenvalue weighted by Crippen LogP contribution is -2.35. The van der Waals surface area contributed by atoms with Crippen LogP contribution in [-0.4, -0.2) is 35.8 Å². The molecule has 0 fully saturated rings. The molecule has 1 heterocycles. The van der Waals surface area contributed by atoms with Crippen LogP contribution in [0.1, 0.15) is 35.1 Å². The first-order valence-corrected chi connectivity index (χ1v) is 9.09. The molecule has 9 heteroatoms. The van der Waals surface area contributed by atoms with Crippen LogP contribution >= 0.6 is 11.3 Å². The van der Waals surface area contributed by atoms with E-state index in [-0.39, 0.29) is 23.5 Å². The van der Waals surface area contributed by atoms with Crippen molar-refractivity contribution in [1.29, 1.82) is 0 Å². The zero-order valence-corrected chi connectivity index (χ0v) is 15.9. The lowest BCUT2D eigenvalue weighted by atomic mass is 10.1. The third-order valence-corrected chi connectivity index (χ3v) is 4.34. The van der Waals surface area contributed by atoms with E-state index in [1.54, 1.807) is 31.4 Å². The van der Waals surface area contributed by atoms with E-state index in [2.05, 4.69) is 40.0 Å². The van der Waals surface area contributed by atoms with Crippen molar-refractivity contribution in [3.05, 3.63) is 34.3 Å². The third kappa shape index (κ3) is 6.32. The van der Waals surface area contributed by atoms with Gasteiger partial charge in [0.05, 0.1) is 13.7 Å². The highest BCUT2D eigenvalue weighted by atomic mass is 32.1. The number of hydrogen-bond acceptors (Lipinski definition) is 6. The maximum Gasteiger partial charge on any atom is 0.315 e. The van der Waals surface area contributed by atoms with Crippen LogP contribution in [0.2, 0.25) is 0 Å². The second-order valence-electron chi connectivity index (χ2n) is 5.98. The van der Waals surface area contributed by atoms with E-state index < -0.39 is 0 Å². The van der Waals surface area contributed by atoms with E-state index >= 15 is 0 Å². The summed E-state index contributed by atoms with van der Waals surface area (Å²) in [4.78, 5) is 23.9. The lowest BCUT2D eigenvalue weighted by molar-refractivity contribution is 0.102. The number of rotatable bonds is 8. The van der Waals surface area contributed by atoms with Gasteiger partial charge in [0.2, 0.25) is 5.01 Å². The van der Waals surface area contributed by atoms with Gasteiger partial charge in [-0.1, -0.05) is 25.2 Å². The summed E-state index contributed by atoms with van der Waals surface area (Å²) in [5, 5.41) is 16.8. The Labute approximate surface area is 156 Å². The number of amides is 3. The minimum atomic E-state index is -0.347. The molecule has 0 bridgehead atoms. The Morgan fingerprint density at radius 3 is 2.54 bits per heavy atom. The molecule has 0 saturated heterocycles. The monoisotopic (exact) mass is 377 g/mol. The van der Waals surface area contributed by atoms with Crippen LogP contribution in [0.25, 0.3) is 0 Å². The van der Waals surface area contributed by atoms with Crippen molar-refractivity contribution < 1.29 is 14.3 Å². The molecule has 1 aromatic carbocycles. The van der Waals surface area contributed by atoms with Gasteiger partial charge in [0.15, 0.2) is 0 Å². The smallest absolute Gasteiger partial charge is 0.315 e. The number of carbonyl (C=O) groups is 2. The Kier molecular flexibility index (Phi) is 7.34. The number of ether oxygens (including phenoxy) is 1. The van der Waals surface area contributed by atoms with Crippen molar-refractivity contribution >= 4 is 29.0 Å². The summed E-state index contributed by atoms with van der Waals surface area (Å²) in [5.41, 5.74) is 0.634. The first-order valence-electron chi connectivity index (χ1n) is 8.27. The lowest BCUT2D eigenvalue weighted by Gasteiger charge is -2.07. The third-order valence-electron chi connectivity index (χ3n) is 3.42. The molecule has 3 amide bonds. The number of urea groups is 1. The molecular weight excluding hydrogens is 354 g/mol. The van der Waals surface area contributed by atoms with E-state index in [1.807, 2.05) is 0 Å². The molecular formula is C17H23N5O3S. The van der Waals surface area contributed by atoms with Crippen LogP contribution in [0.3, 0.4) is 0 Å². The number of aromatic nitrogens is 2. The maximum atomic E-state index is 12.2. The molecule has 0 spiro atoms. The SMILES string of the molecule is COc1ccc(NC(=O)c2nnc(CNC(=O)NCCC(C)C)s2)cc1. The average molecular weight is 377 g/mol. The second-order valence-corrected chi connectivity index (χ2v) is 7.04. The Morgan fingerprint density at radius 2 is 1.88 bits per heavy atom. The fraction of sp³-hybridized carbons (Fsp3) is 0.412. The van der Waals surface area contributed by atoms with Crippen molar-refractivity contribution in [3.63, 3.8) is 0 Å². The van der Waals surface area contributed by atoms with E-state index in [1.165, 1.54) is 0 Å². The van der Waals surface area contributed by atoms with Crippen LogP contribution in [-0.2, 0) is 6.54 Å². The van der Waals surface area contributed by atoms with Gasteiger partial charge in [0, 0.05) is 12.2 Å². The quantitative estimate of drug-likeness (QED) is 0.656. The molecule has 2 rings (SSSR count). The normalized spacial score (nSPS) is 10.5. The Balaban J connectivity index is 1.80. The van der Waals surface area contributed by atoms with Crippen LogP contribution < -0.4 is 20.7 Å². The highest BCUT2D eigenvalue weighted by Gasteiger charge is 2.13. The number of methoxy groups -OCH3 is 1. The average Bonchev–Trinajstić information content (AvgIpc) is 3.09. The fourth-order valence-electron chi connectivity index (χ4n) is 1.97. The van der Waals surface area contributed by atoms with Crippen molar-refractivity contribution in [2.45, 2.75) is 26.8 Å². The molecule has 0 radical (unpaired) electrons. The van der Waals surface area contributed by atoms with Crippen LogP contribution in [0.15, 0.2) is 24.3 Å². The number of benzene rings is 1. The first kappa shape index (κ1) is 19.6. The standard InChI is InChI=1S/C17H23N5O3S/c1-11(2)8-9-18-17(24)19-10-14-21-22-16(26-14)15(23)20-12-4-6-13(25-3)7-5-12/h4-7,11H,8-10H2,1-3H3,(H,20,23)(H2,18,19,24). The Morgan fingerprint density at radius 1 is 1.15 bits per heavy atom. The van der Waals surface area contributed by atoms with E-state index in [4.69, 9.17) is 4.74 Å². The first-order chi connectivity index (χ1) is 12.5. The van der Waals surface area contributed by atoms with Gasteiger partial charge in [-0.25, -0.2) is 4.79 Å². The zero-order chi connectivity index (χ0) is 18.9. The van der Waals surface area contributed by atoms with Crippen molar-refractivity contribution in [1.82, 2.24) is 20.8 Å². The molecule has 0 aliphatic rings. The molecule has 0 unspecified atom stereocenters. The molecule has 8 nitrogen and oxygen atoms in total. The summed E-state index contributed by atoms with van der Waals surface area (Å²) in [6, 6.07) is 6.72. The van der Waals surface area contributed by atoms with Gasteiger partial charge in [0.1, 0.15) is 10.8 Å². The second kappa shape index (κ2) is 9.71. The number of nitrogens with zero attached hydrogens (tertiary/aromatic N) is 2. The molecule has 2 aromatic rings. The van der Waals surface area contributed by atoms with Crippen LogP contribution in [0.5, 0.6) is 5.75 Å². The number of nitrogens with one attached hydrogen (secondary N) is 3. The molecule has 140 valence electrons. The zero-order valence-electron chi connectivity index (χ0n) is 15.0. The van der Waals surface area contributed by atoms with Gasteiger partial charge >= 0.3 is 6.03 Å². The summed E-state index contributed by atoms with van der Waals surface area (Å²) in [6.07, 6.45) is 0.919. The molecule has 0 aliphatic carbocycles. The van der Waals surface area contributed by atoms with Crippen LogP contribution in [0.4, 0.5) is 10.5 Å². The highest BCUT2D eigenvalue weighted by Crippen LogP contribution is 2.17. The fourth-order valence-corrected chi connectivity index (χ4v) is 2.64. The van der Waals surface area contributed by atoms with E-state index in [0.717, 1.165) is 17.8 Å². The van der Waals surface area contributed by atoms with Gasteiger partial charge in [-0.2, -0.15) is 0 Å². The van der Waals surface area contributed by atoms with Crippen molar-refractivity contribution in [2.75, 3.05) is 19.0 Å². The largest absolute Gasteiger partial charge is 0.497 e. The molecule has 0 saturated carbocycles. The molecule has 0 aliphatic heterocycles. The minimum Gasteiger partial charge on any atom is -0.497 e. The summed E-state index contributed by atoms with van der Waals surface area (Å²) in [7, 11) is 1.58.